The molecule has 3 rings (SSSR count). The topological polar surface area (TPSA) is 74.3 Å². The van der Waals surface area contributed by atoms with Gasteiger partial charge in [-0.15, -0.1) is 11.8 Å². The summed E-state index contributed by atoms with van der Waals surface area (Å²) < 4.78 is 20.9. The molecule has 2 aromatic rings. The molecule has 0 spiro atoms. The number of hydrogen-bond acceptors (Lipinski definition) is 7. The van der Waals surface area contributed by atoms with Crippen molar-refractivity contribution < 1.29 is 28.5 Å². The van der Waals surface area contributed by atoms with Gasteiger partial charge in [-0.1, -0.05) is 0 Å². The molecule has 0 fully saturated rings. The highest BCUT2D eigenvalue weighted by Crippen LogP contribution is 2.40. The second kappa shape index (κ2) is 10.4. The van der Waals surface area contributed by atoms with Gasteiger partial charge in [-0.05, 0) is 53.9 Å². The molecular weight excluding hydrogens is 418 g/mol. The first-order chi connectivity index (χ1) is 15.0. The first-order valence-corrected chi connectivity index (χ1v) is 10.9. The fourth-order valence-corrected chi connectivity index (χ4v) is 4.47. The van der Waals surface area contributed by atoms with Gasteiger partial charge in [0.15, 0.2) is 11.5 Å². The maximum Gasteiger partial charge on any atom is 0.307 e. The second-order valence-corrected chi connectivity index (χ2v) is 8.05. The molecule has 1 unspecified atom stereocenters. The van der Waals surface area contributed by atoms with E-state index in [-0.39, 0.29) is 24.1 Å². The molecule has 0 aromatic heterocycles. The minimum Gasteiger partial charge on any atom is -0.497 e. The molecule has 0 saturated heterocycles. The van der Waals surface area contributed by atoms with E-state index in [1.54, 1.807) is 26.2 Å². The van der Waals surface area contributed by atoms with Crippen molar-refractivity contribution >= 4 is 23.6 Å². The molecule has 1 aliphatic heterocycles. The zero-order valence-electron chi connectivity index (χ0n) is 18.2. The number of thioether (sulfide) groups is 1. The number of methoxy groups -OCH3 is 4. The van der Waals surface area contributed by atoms with Crippen molar-refractivity contribution in [1.82, 2.24) is 4.90 Å². The van der Waals surface area contributed by atoms with Crippen LogP contribution in [0.4, 0.5) is 0 Å². The van der Waals surface area contributed by atoms with Crippen LogP contribution < -0.4 is 14.2 Å². The van der Waals surface area contributed by atoms with Crippen molar-refractivity contribution in [1.29, 1.82) is 0 Å². The molecule has 0 radical (unpaired) electrons. The number of benzene rings is 2. The van der Waals surface area contributed by atoms with E-state index in [1.165, 1.54) is 18.9 Å². The van der Waals surface area contributed by atoms with Crippen molar-refractivity contribution in [3.63, 3.8) is 0 Å². The summed E-state index contributed by atoms with van der Waals surface area (Å²) >= 11 is 1.46. The van der Waals surface area contributed by atoms with Gasteiger partial charge in [-0.2, -0.15) is 0 Å². The largest absolute Gasteiger partial charge is 0.497 e. The predicted molar refractivity (Wildman–Crippen MR) is 118 cm³/mol. The van der Waals surface area contributed by atoms with E-state index in [0.29, 0.717) is 24.5 Å². The molecule has 166 valence electrons. The van der Waals surface area contributed by atoms with Crippen molar-refractivity contribution in [2.24, 2.45) is 0 Å². The van der Waals surface area contributed by atoms with Gasteiger partial charge < -0.3 is 23.8 Å². The third kappa shape index (κ3) is 5.25. The SMILES string of the molecule is COC(=O)CC1c2cc(OC)c(OC)cc2CCN1C(=O)CSc1ccc(OC)cc1. The summed E-state index contributed by atoms with van der Waals surface area (Å²) in [5, 5.41) is 0. The summed E-state index contributed by atoms with van der Waals surface area (Å²) in [5.41, 5.74) is 1.93. The number of fused-ring (bicyclic) bond motifs is 1. The molecule has 31 heavy (non-hydrogen) atoms. The normalized spacial score (nSPS) is 15.1. The highest BCUT2D eigenvalue weighted by molar-refractivity contribution is 8.00. The lowest BCUT2D eigenvalue weighted by atomic mass is 9.90. The van der Waals surface area contributed by atoms with Crippen LogP contribution in [0, 0.1) is 0 Å². The lowest BCUT2D eigenvalue weighted by molar-refractivity contribution is -0.143. The molecule has 0 aliphatic carbocycles. The number of carbonyl (C=O) groups is 2. The van der Waals surface area contributed by atoms with Gasteiger partial charge >= 0.3 is 5.97 Å². The van der Waals surface area contributed by atoms with Crippen LogP contribution in [0.3, 0.4) is 0 Å². The summed E-state index contributed by atoms with van der Waals surface area (Å²) in [4.78, 5) is 28.0. The maximum atomic E-state index is 13.1. The van der Waals surface area contributed by atoms with Crippen molar-refractivity contribution in [2.75, 3.05) is 40.7 Å². The van der Waals surface area contributed by atoms with Crippen LogP contribution in [0.1, 0.15) is 23.6 Å². The lowest BCUT2D eigenvalue weighted by Crippen LogP contribution is -2.42. The number of nitrogens with zero attached hydrogens (tertiary/aromatic N) is 1. The molecule has 0 N–H and O–H groups in total. The molecule has 1 aliphatic rings. The minimum atomic E-state index is -0.417. The highest BCUT2D eigenvalue weighted by atomic mass is 32.2. The molecule has 1 atom stereocenters. The Bertz CT molecular complexity index is 930. The summed E-state index contributed by atoms with van der Waals surface area (Å²) in [6.45, 7) is 0.520. The summed E-state index contributed by atoms with van der Waals surface area (Å²) in [5.74, 6) is 1.84. The van der Waals surface area contributed by atoms with Gasteiger partial charge in [0.25, 0.3) is 0 Å². The van der Waals surface area contributed by atoms with Crippen molar-refractivity contribution in [3.05, 3.63) is 47.5 Å². The zero-order chi connectivity index (χ0) is 22.4. The number of amides is 1. The van der Waals surface area contributed by atoms with Crippen molar-refractivity contribution in [2.45, 2.75) is 23.8 Å². The summed E-state index contributed by atoms with van der Waals surface area (Å²) in [6.07, 6.45) is 0.754. The Morgan fingerprint density at radius 3 is 2.29 bits per heavy atom. The van der Waals surface area contributed by atoms with Gasteiger partial charge in [0.05, 0.1) is 46.7 Å². The number of carbonyl (C=O) groups excluding carboxylic acids is 2. The Labute approximate surface area is 186 Å². The fourth-order valence-electron chi connectivity index (χ4n) is 3.69. The monoisotopic (exact) mass is 445 g/mol. The standard InChI is InChI=1S/C23H27NO6S/c1-27-16-5-7-17(8-6-16)31-14-22(25)24-10-9-15-11-20(28-2)21(29-3)12-18(15)19(24)13-23(26)30-4/h5-8,11-12,19H,9-10,13-14H2,1-4H3. The van der Waals surface area contributed by atoms with E-state index in [9.17, 15) is 9.59 Å². The van der Waals surface area contributed by atoms with Crippen LogP contribution in [0.15, 0.2) is 41.3 Å². The average molecular weight is 446 g/mol. The van der Waals surface area contributed by atoms with Crippen LogP contribution in [0.25, 0.3) is 0 Å². The number of hydrogen-bond donors (Lipinski definition) is 0. The Hall–Kier alpha value is -2.87. The quantitative estimate of drug-likeness (QED) is 0.455. The maximum absolute atomic E-state index is 13.1. The van der Waals surface area contributed by atoms with Crippen LogP contribution >= 0.6 is 11.8 Å². The summed E-state index contributed by atoms with van der Waals surface area (Å²) in [7, 11) is 6.13. The molecule has 2 aromatic carbocycles. The molecule has 1 amide bonds. The van der Waals surface area contributed by atoms with E-state index in [0.717, 1.165) is 21.8 Å². The Morgan fingerprint density at radius 2 is 1.68 bits per heavy atom. The predicted octanol–water partition coefficient (Wildman–Crippen LogP) is 3.49. The third-order valence-corrected chi connectivity index (χ3v) is 6.33. The van der Waals surface area contributed by atoms with Crippen molar-refractivity contribution in [3.8, 4) is 17.2 Å². The van der Waals surface area contributed by atoms with Gasteiger partial charge in [-0.25, -0.2) is 0 Å². The summed E-state index contributed by atoms with van der Waals surface area (Å²) in [6, 6.07) is 10.9. The average Bonchev–Trinajstić information content (AvgIpc) is 2.81. The molecule has 1 heterocycles. The molecule has 0 saturated carbocycles. The van der Waals surface area contributed by atoms with Gasteiger partial charge in [-0.3, -0.25) is 9.59 Å². The van der Waals surface area contributed by atoms with Crippen LogP contribution in [-0.2, 0) is 20.7 Å². The zero-order valence-corrected chi connectivity index (χ0v) is 19.0. The molecule has 7 nitrogen and oxygen atoms in total. The Kier molecular flexibility index (Phi) is 7.68. The number of esters is 1. The lowest BCUT2D eigenvalue weighted by Gasteiger charge is -2.37. The molecule has 8 heteroatoms. The highest BCUT2D eigenvalue weighted by Gasteiger charge is 2.33. The smallest absolute Gasteiger partial charge is 0.307 e. The Balaban J connectivity index is 1.82. The van der Waals surface area contributed by atoms with Gasteiger partial charge in [0, 0.05) is 11.4 Å². The molecular formula is C23H27NO6S. The van der Waals surface area contributed by atoms with E-state index >= 15 is 0 Å². The van der Waals surface area contributed by atoms with Crippen LogP contribution in [-0.4, -0.2) is 57.5 Å². The second-order valence-electron chi connectivity index (χ2n) is 7.00. The molecule has 0 bridgehead atoms. The van der Waals surface area contributed by atoms with Crippen LogP contribution in [0.5, 0.6) is 17.2 Å². The number of ether oxygens (including phenoxy) is 4. The minimum absolute atomic E-state index is 0.0323. The third-order valence-electron chi connectivity index (χ3n) is 5.33. The van der Waals surface area contributed by atoms with E-state index in [1.807, 2.05) is 36.4 Å². The Morgan fingerprint density at radius 1 is 1.00 bits per heavy atom. The first kappa shape index (κ1) is 22.8. The first-order valence-electron chi connectivity index (χ1n) is 9.88. The van der Waals surface area contributed by atoms with E-state index < -0.39 is 6.04 Å². The van der Waals surface area contributed by atoms with E-state index in [2.05, 4.69) is 0 Å². The van der Waals surface area contributed by atoms with E-state index in [4.69, 9.17) is 18.9 Å². The number of rotatable bonds is 8. The fraction of sp³-hybridized carbons (Fsp3) is 0.391. The van der Waals surface area contributed by atoms with Crippen LogP contribution in [0.2, 0.25) is 0 Å². The van der Waals surface area contributed by atoms with Gasteiger partial charge in [0.2, 0.25) is 5.91 Å². The van der Waals surface area contributed by atoms with Gasteiger partial charge in [0.1, 0.15) is 5.75 Å².